The molecule has 5 nitrogen and oxygen atoms in total. The topological polar surface area (TPSA) is 66.8 Å². The number of anilines is 1. The second-order valence-electron chi connectivity index (χ2n) is 6.82. The standard InChI is InChI=1S/C19H15Cl3N2O3S2/c20-12-5-6-15(14(22)8-12)24-16-9-29(26,27)10-17(16)28-19(24)23-18(25)7-11-3-1-2-4-13(11)21/h1-6,8,16-17H,7,9-10H2/t16-,17+/m0/s1. The van der Waals surface area contributed by atoms with Crippen molar-refractivity contribution < 1.29 is 13.2 Å². The Labute approximate surface area is 188 Å². The van der Waals surface area contributed by atoms with Gasteiger partial charge in [0.1, 0.15) is 0 Å². The van der Waals surface area contributed by atoms with Crippen LogP contribution in [0.4, 0.5) is 5.69 Å². The Morgan fingerprint density at radius 2 is 1.86 bits per heavy atom. The Kier molecular flexibility index (Phi) is 5.88. The minimum Gasteiger partial charge on any atom is -0.314 e. The molecule has 2 fully saturated rings. The maximum Gasteiger partial charge on any atom is 0.252 e. The molecule has 152 valence electrons. The third kappa shape index (κ3) is 4.44. The molecule has 10 heteroatoms. The zero-order chi connectivity index (χ0) is 20.8. The van der Waals surface area contributed by atoms with E-state index in [9.17, 15) is 13.2 Å². The van der Waals surface area contributed by atoms with Gasteiger partial charge in [0.2, 0.25) is 0 Å². The van der Waals surface area contributed by atoms with Crippen LogP contribution in [0.5, 0.6) is 0 Å². The van der Waals surface area contributed by atoms with Crippen molar-refractivity contribution in [2.45, 2.75) is 17.7 Å². The first-order valence-electron chi connectivity index (χ1n) is 8.70. The number of carbonyl (C=O) groups excluding carboxylic acids is 1. The summed E-state index contributed by atoms with van der Waals surface area (Å²) in [4.78, 5) is 18.7. The molecule has 2 saturated heterocycles. The fourth-order valence-corrected chi connectivity index (χ4v) is 8.10. The summed E-state index contributed by atoms with van der Waals surface area (Å²) >= 11 is 19.8. The summed E-state index contributed by atoms with van der Waals surface area (Å²) in [6.45, 7) is 0. The predicted octanol–water partition coefficient (Wildman–Crippen LogP) is 4.49. The highest BCUT2D eigenvalue weighted by Crippen LogP contribution is 2.43. The number of aliphatic imine (C=N–C) groups is 1. The molecule has 2 aromatic carbocycles. The van der Waals surface area contributed by atoms with Gasteiger partial charge in [-0.05, 0) is 29.8 Å². The molecule has 1 amide bonds. The quantitative estimate of drug-likeness (QED) is 0.635. The molecule has 4 rings (SSSR count). The Morgan fingerprint density at radius 3 is 2.59 bits per heavy atom. The highest BCUT2D eigenvalue weighted by Gasteiger charge is 2.49. The fourth-order valence-electron chi connectivity index (χ4n) is 3.47. The Morgan fingerprint density at radius 1 is 1.10 bits per heavy atom. The Hall–Kier alpha value is -1.25. The zero-order valence-corrected chi connectivity index (χ0v) is 18.8. The summed E-state index contributed by atoms with van der Waals surface area (Å²) in [6, 6.07) is 11.7. The highest BCUT2D eigenvalue weighted by atomic mass is 35.5. The summed E-state index contributed by atoms with van der Waals surface area (Å²) in [7, 11) is -3.16. The van der Waals surface area contributed by atoms with Crippen LogP contribution in [-0.2, 0) is 21.1 Å². The van der Waals surface area contributed by atoms with E-state index >= 15 is 0 Å². The molecule has 0 N–H and O–H groups in total. The van der Waals surface area contributed by atoms with Crippen LogP contribution < -0.4 is 4.90 Å². The third-order valence-electron chi connectivity index (χ3n) is 4.76. The van der Waals surface area contributed by atoms with Crippen molar-refractivity contribution in [2.24, 2.45) is 4.99 Å². The molecular formula is C19H15Cl3N2O3S2. The minimum absolute atomic E-state index is 0.0126. The average molecular weight is 490 g/mol. The second-order valence-corrected chi connectivity index (χ2v) is 11.4. The van der Waals surface area contributed by atoms with Gasteiger partial charge in [0, 0.05) is 15.3 Å². The summed E-state index contributed by atoms with van der Waals surface area (Å²) < 4.78 is 24.3. The molecule has 2 aromatic rings. The average Bonchev–Trinajstić information content (AvgIpc) is 3.08. The van der Waals surface area contributed by atoms with Gasteiger partial charge in [-0.3, -0.25) is 4.79 Å². The number of benzene rings is 2. The molecule has 2 heterocycles. The summed E-state index contributed by atoms with van der Waals surface area (Å²) in [5, 5.41) is 1.57. The fraction of sp³-hybridized carbons (Fsp3) is 0.263. The number of sulfone groups is 1. The van der Waals surface area contributed by atoms with Crippen LogP contribution in [0.3, 0.4) is 0 Å². The molecular weight excluding hydrogens is 475 g/mol. The van der Waals surface area contributed by atoms with Crippen LogP contribution >= 0.6 is 46.6 Å². The van der Waals surface area contributed by atoms with Gasteiger partial charge >= 0.3 is 0 Å². The van der Waals surface area contributed by atoms with Crippen LogP contribution in [0.25, 0.3) is 0 Å². The SMILES string of the molecule is O=C(Cc1ccccc1Cl)N=C1S[C@@H]2CS(=O)(=O)C[C@@H]2N1c1ccc(Cl)cc1Cl. The van der Waals surface area contributed by atoms with Crippen LogP contribution in [0, 0.1) is 0 Å². The van der Waals surface area contributed by atoms with Crippen molar-refractivity contribution in [1.29, 1.82) is 0 Å². The Balaban J connectivity index is 1.68. The van der Waals surface area contributed by atoms with Crippen molar-refractivity contribution in [3.8, 4) is 0 Å². The molecule has 0 aromatic heterocycles. The molecule has 2 aliphatic rings. The lowest BCUT2D eigenvalue weighted by Crippen LogP contribution is -2.38. The first-order chi connectivity index (χ1) is 13.7. The van der Waals surface area contributed by atoms with Gasteiger partial charge < -0.3 is 4.90 Å². The smallest absolute Gasteiger partial charge is 0.252 e. The van der Waals surface area contributed by atoms with E-state index in [1.807, 2.05) is 0 Å². The third-order valence-corrected chi connectivity index (χ3v) is 8.87. The number of hydrogen-bond acceptors (Lipinski definition) is 4. The number of hydrogen-bond donors (Lipinski definition) is 0. The largest absolute Gasteiger partial charge is 0.314 e. The maximum absolute atomic E-state index is 12.6. The van der Waals surface area contributed by atoms with Crippen molar-refractivity contribution in [3.63, 3.8) is 0 Å². The van der Waals surface area contributed by atoms with Gasteiger partial charge in [-0.1, -0.05) is 64.8 Å². The monoisotopic (exact) mass is 488 g/mol. The predicted molar refractivity (Wildman–Crippen MR) is 120 cm³/mol. The van der Waals surface area contributed by atoms with Gasteiger partial charge in [0.05, 0.1) is 34.7 Å². The normalized spacial score (nSPS) is 24.1. The summed E-state index contributed by atoms with van der Waals surface area (Å²) in [6.07, 6.45) is 0.0551. The van der Waals surface area contributed by atoms with E-state index in [1.165, 1.54) is 11.8 Å². The molecule has 0 saturated carbocycles. The number of thioether (sulfide) groups is 1. The minimum atomic E-state index is -3.16. The van der Waals surface area contributed by atoms with E-state index in [1.54, 1.807) is 47.4 Å². The number of carbonyl (C=O) groups is 1. The molecule has 0 unspecified atom stereocenters. The van der Waals surface area contributed by atoms with Crippen molar-refractivity contribution in [3.05, 3.63) is 63.1 Å². The van der Waals surface area contributed by atoms with Crippen LogP contribution in [0.15, 0.2) is 47.5 Å². The van der Waals surface area contributed by atoms with Gasteiger partial charge in [-0.25, -0.2) is 8.42 Å². The molecule has 29 heavy (non-hydrogen) atoms. The van der Waals surface area contributed by atoms with Crippen LogP contribution in [0.2, 0.25) is 15.1 Å². The molecule has 0 bridgehead atoms. The van der Waals surface area contributed by atoms with Gasteiger partial charge in [-0.15, -0.1) is 0 Å². The van der Waals surface area contributed by atoms with E-state index in [-0.39, 0.29) is 35.1 Å². The van der Waals surface area contributed by atoms with Crippen molar-refractivity contribution in [2.75, 3.05) is 16.4 Å². The highest BCUT2D eigenvalue weighted by molar-refractivity contribution is 8.16. The molecule has 0 aliphatic carbocycles. The first-order valence-corrected chi connectivity index (χ1v) is 12.5. The van der Waals surface area contributed by atoms with Crippen LogP contribution in [-0.4, -0.2) is 42.3 Å². The number of rotatable bonds is 3. The number of amides is 1. The number of nitrogens with zero attached hydrogens (tertiary/aromatic N) is 2. The number of fused-ring (bicyclic) bond motifs is 1. The van der Waals surface area contributed by atoms with Crippen molar-refractivity contribution in [1.82, 2.24) is 0 Å². The van der Waals surface area contributed by atoms with E-state index in [2.05, 4.69) is 4.99 Å². The zero-order valence-electron chi connectivity index (χ0n) is 14.9. The van der Waals surface area contributed by atoms with Gasteiger partial charge in [-0.2, -0.15) is 4.99 Å². The van der Waals surface area contributed by atoms with Crippen LogP contribution in [0.1, 0.15) is 5.56 Å². The van der Waals surface area contributed by atoms with Gasteiger partial charge in [0.15, 0.2) is 15.0 Å². The lowest BCUT2D eigenvalue weighted by Gasteiger charge is -2.25. The van der Waals surface area contributed by atoms with E-state index in [0.29, 0.717) is 31.5 Å². The lowest BCUT2D eigenvalue weighted by molar-refractivity contribution is -0.117. The van der Waals surface area contributed by atoms with Crippen molar-refractivity contribution >= 4 is 73.2 Å². The Bertz CT molecular complexity index is 1120. The molecule has 2 atom stereocenters. The number of halogens is 3. The van der Waals surface area contributed by atoms with E-state index < -0.39 is 9.84 Å². The second kappa shape index (κ2) is 8.12. The molecule has 0 spiro atoms. The van der Waals surface area contributed by atoms with E-state index in [4.69, 9.17) is 34.8 Å². The van der Waals surface area contributed by atoms with Gasteiger partial charge in [0.25, 0.3) is 5.91 Å². The molecule has 2 aliphatic heterocycles. The first kappa shape index (κ1) is 21.0. The molecule has 0 radical (unpaired) electrons. The summed E-state index contributed by atoms with van der Waals surface area (Å²) in [5.41, 5.74) is 1.27. The maximum atomic E-state index is 12.6. The number of amidine groups is 1. The van der Waals surface area contributed by atoms with E-state index in [0.717, 1.165) is 0 Å². The lowest BCUT2D eigenvalue weighted by atomic mass is 10.1. The summed E-state index contributed by atoms with van der Waals surface area (Å²) in [5.74, 6) is -0.332.